The zero-order chi connectivity index (χ0) is 17.8. The Labute approximate surface area is 145 Å². The number of carbonyl (C=O) groups excluding carboxylic acids is 1. The van der Waals surface area contributed by atoms with Gasteiger partial charge < -0.3 is 5.32 Å². The molecule has 0 radical (unpaired) electrons. The number of amides is 1. The van der Waals surface area contributed by atoms with E-state index >= 15 is 0 Å². The van der Waals surface area contributed by atoms with Gasteiger partial charge >= 0.3 is 0 Å². The minimum atomic E-state index is -3.08. The van der Waals surface area contributed by atoms with Gasteiger partial charge in [-0.2, -0.15) is 5.10 Å². The molecule has 2 aliphatic rings. The molecular weight excluding hydrogens is 345 g/mol. The molecule has 0 spiro atoms. The minimum absolute atomic E-state index is 0.0147. The highest BCUT2D eigenvalue weighted by atomic mass is 32.2. The first kappa shape index (κ1) is 16.3. The maximum atomic E-state index is 14.3. The molecule has 1 N–H and O–H groups in total. The van der Waals surface area contributed by atoms with Crippen LogP contribution in [0.15, 0.2) is 24.3 Å². The first-order valence-corrected chi connectivity index (χ1v) is 10.0. The van der Waals surface area contributed by atoms with Gasteiger partial charge in [-0.1, -0.05) is 18.2 Å². The van der Waals surface area contributed by atoms with Gasteiger partial charge in [-0.15, -0.1) is 0 Å². The molecule has 2 atom stereocenters. The summed E-state index contributed by atoms with van der Waals surface area (Å²) >= 11 is 0. The van der Waals surface area contributed by atoms with Crippen molar-refractivity contribution in [3.63, 3.8) is 0 Å². The van der Waals surface area contributed by atoms with Gasteiger partial charge in [0.15, 0.2) is 9.84 Å². The number of nitrogens with one attached hydrogen (secondary N) is 1. The summed E-state index contributed by atoms with van der Waals surface area (Å²) in [6, 6.07) is 6.12. The van der Waals surface area contributed by atoms with E-state index in [1.54, 1.807) is 22.9 Å². The molecule has 3 heterocycles. The van der Waals surface area contributed by atoms with Crippen LogP contribution in [0, 0.1) is 12.7 Å². The molecule has 1 fully saturated rings. The quantitative estimate of drug-likeness (QED) is 0.887. The summed E-state index contributed by atoms with van der Waals surface area (Å²) in [6.07, 6.45) is 0.611. The summed E-state index contributed by atoms with van der Waals surface area (Å²) in [6.45, 7) is 1.81. The number of aryl methyl sites for hydroxylation is 1. The number of hydrogen-bond donors (Lipinski definition) is 1. The van der Waals surface area contributed by atoms with Crippen molar-refractivity contribution in [2.24, 2.45) is 0 Å². The van der Waals surface area contributed by atoms with E-state index in [4.69, 9.17) is 0 Å². The molecule has 4 rings (SSSR count). The zero-order valence-electron chi connectivity index (χ0n) is 13.7. The molecule has 2 aliphatic heterocycles. The summed E-state index contributed by atoms with van der Waals surface area (Å²) in [5.41, 5.74) is 1.92. The number of fused-ring (bicyclic) bond motifs is 1. The molecule has 0 aliphatic carbocycles. The van der Waals surface area contributed by atoms with Gasteiger partial charge in [-0.25, -0.2) is 17.5 Å². The molecule has 1 aromatic carbocycles. The van der Waals surface area contributed by atoms with E-state index in [1.807, 2.05) is 6.92 Å². The van der Waals surface area contributed by atoms with Crippen LogP contribution < -0.4 is 5.32 Å². The van der Waals surface area contributed by atoms with Crippen molar-refractivity contribution < 1.29 is 17.6 Å². The zero-order valence-corrected chi connectivity index (χ0v) is 14.5. The van der Waals surface area contributed by atoms with Gasteiger partial charge in [0.1, 0.15) is 11.6 Å². The van der Waals surface area contributed by atoms with Gasteiger partial charge in [0.05, 0.1) is 23.2 Å². The Kier molecular flexibility index (Phi) is 3.68. The maximum Gasteiger partial charge on any atom is 0.226 e. The molecule has 0 saturated carbocycles. The molecule has 1 aromatic heterocycles. The summed E-state index contributed by atoms with van der Waals surface area (Å²) in [7, 11) is -3.08. The van der Waals surface area contributed by atoms with Crippen LogP contribution in [0.25, 0.3) is 0 Å². The Balaban J connectivity index is 1.83. The van der Waals surface area contributed by atoms with Crippen LogP contribution in [-0.2, 0) is 14.6 Å². The highest BCUT2D eigenvalue weighted by Crippen LogP contribution is 2.42. The lowest BCUT2D eigenvalue weighted by Crippen LogP contribution is -2.26. The lowest BCUT2D eigenvalue weighted by Gasteiger charge is -2.25. The topological polar surface area (TPSA) is 81.1 Å². The van der Waals surface area contributed by atoms with E-state index in [0.717, 1.165) is 5.56 Å². The first-order valence-electron chi connectivity index (χ1n) is 8.19. The molecule has 132 valence electrons. The van der Waals surface area contributed by atoms with Crippen molar-refractivity contribution >= 4 is 21.6 Å². The fourth-order valence-corrected chi connectivity index (χ4v) is 5.52. The maximum absolute atomic E-state index is 14.3. The second-order valence-electron chi connectivity index (χ2n) is 6.68. The van der Waals surface area contributed by atoms with E-state index in [2.05, 4.69) is 10.4 Å². The summed E-state index contributed by atoms with van der Waals surface area (Å²) in [4.78, 5) is 12.2. The van der Waals surface area contributed by atoms with Crippen molar-refractivity contribution in [1.29, 1.82) is 0 Å². The van der Waals surface area contributed by atoms with Crippen LogP contribution in [-0.4, -0.2) is 35.6 Å². The third-order valence-electron chi connectivity index (χ3n) is 4.96. The predicted octanol–water partition coefficient (Wildman–Crippen LogP) is 2.16. The number of aromatic nitrogens is 2. The minimum Gasteiger partial charge on any atom is -0.311 e. The molecule has 2 aromatic rings. The Hall–Kier alpha value is -2.22. The number of benzene rings is 1. The Morgan fingerprint density at radius 1 is 1.32 bits per heavy atom. The number of nitrogens with zero attached hydrogens (tertiary/aromatic N) is 2. The van der Waals surface area contributed by atoms with Gasteiger partial charge in [0.25, 0.3) is 0 Å². The average Bonchev–Trinajstić information content (AvgIpc) is 3.07. The summed E-state index contributed by atoms with van der Waals surface area (Å²) in [5, 5.41) is 7.31. The second-order valence-corrected chi connectivity index (χ2v) is 8.90. The van der Waals surface area contributed by atoms with Crippen molar-refractivity contribution in [1.82, 2.24) is 9.78 Å². The Morgan fingerprint density at radius 3 is 2.76 bits per heavy atom. The fourth-order valence-electron chi connectivity index (χ4n) is 3.83. The first-order chi connectivity index (χ1) is 11.9. The number of carbonyl (C=O) groups is 1. The van der Waals surface area contributed by atoms with E-state index in [-0.39, 0.29) is 35.7 Å². The number of hydrogen-bond acceptors (Lipinski definition) is 4. The number of halogens is 1. The van der Waals surface area contributed by atoms with E-state index in [0.29, 0.717) is 23.5 Å². The molecule has 25 heavy (non-hydrogen) atoms. The van der Waals surface area contributed by atoms with Crippen LogP contribution in [0.2, 0.25) is 0 Å². The highest BCUT2D eigenvalue weighted by Gasteiger charge is 2.37. The van der Waals surface area contributed by atoms with Crippen molar-refractivity contribution in [3.8, 4) is 0 Å². The third kappa shape index (κ3) is 2.74. The normalized spacial score (nSPS) is 24.8. The molecule has 6 nitrogen and oxygen atoms in total. The number of anilines is 1. The smallest absolute Gasteiger partial charge is 0.226 e. The standard InChI is InChI=1S/C17H18FN3O3S/c1-10-16-13(12-4-2-3-5-14(12)18)8-15(22)19-17(16)21(20-10)11-6-7-25(23,24)9-11/h2-5,11,13H,6-9H2,1H3,(H,19,22)/t11-,13+/m1/s1. The van der Waals surface area contributed by atoms with Crippen molar-refractivity contribution in [2.75, 3.05) is 16.8 Å². The lowest BCUT2D eigenvalue weighted by atomic mass is 9.85. The fraction of sp³-hybridized carbons (Fsp3) is 0.412. The van der Waals surface area contributed by atoms with Crippen LogP contribution in [0.5, 0.6) is 0 Å². The van der Waals surface area contributed by atoms with Crippen LogP contribution >= 0.6 is 0 Å². The van der Waals surface area contributed by atoms with Gasteiger partial charge in [0.2, 0.25) is 5.91 Å². The monoisotopic (exact) mass is 363 g/mol. The predicted molar refractivity (Wildman–Crippen MR) is 90.8 cm³/mol. The van der Waals surface area contributed by atoms with Crippen molar-refractivity contribution in [2.45, 2.75) is 31.7 Å². The SMILES string of the molecule is Cc1nn([C@@H]2CCS(=O)(=O)C2)c2c1[C@H](c1ccccc1F)CC(=O)N2. The molecule has 1 amide bonds. The lowest BCUT2D eigenvalue weighted by molar-refractivity contribution is -0.116. The number of rotatable bonds is 2. The highest BCUT2D eigenvalue weighted by molar-refractivity contribution is 7.91. The summed E-state index contributed by atoms with van der Waals surface area (Å²) in [5.74, 6) is -0.357. The molecule has 0 bridgehead atoms. The van der Waals surface area contributed by atoms with Crippen LogP contribution in [0.1, 0.15) is 41.6 Å². The van der Waals surface area contributed by atoms with Crippen LogP contribution in [0.4, 0.5) is 10.2 Å². The Bertz CT molecular complexity index is 968. The second kappa shape index (κ2) is 5.66. The van der Waals surface area contributed by atoms with E-state index < -0.39 is 15.8 Å². The van der Waals surface area contributed by atoms with Crippen LogP contribution in [0.3, 0.4) is 0 Å². The van der Waals surface area contributed by atoms with Gasteiger partial charge in [0, 0.05) is 17.9 Å². The molecule has 0 unspecified atom stereocenters. The van der Waals surface area contributed by atoms with E-state index in [9.17, 15) is 17.6 Å². The number of sulfone groups is 1. The Morgan fingerprint density at radius 2 is 2.08 bits per heavy atom. The molecule has 1 saturated heterocycles. The third-order valence-corrected chi connectivity index (χ3v) is 6.71. The largest absolute Gasteiger partial charge is 0.311 e. The average molecular weight is 363 g/mol. The van der Waals surface area contributed by atoms with Gasteiger partial charge in [-0.05, 0) is 25.0 Å². The van der Waals surface area contributed by atoms with Gasteiger partial charge in [-0.3, -0.25) is 4.79 Å². The molecular formula is C17H18FN3O3S. The molecule has 8 heteroatoms. The van der Waals surface area contributed by atoms with Crippen molar-refractivity contribution in [3.05, 3.63) is 46.9 Å². The summed E-state index contributed by atoms with van der Waals surface area (Å²) < 4.78 is 39.5. The van der Waals surface area contributed by atoms with E-state index in [1.165, 1.54) is 6.07 Å².